The molecule has 0 unspecified atom stereocenters. The predicted molar refractivity (Wildman–Crippen MR) is 91.1 cm³/mol. The first-order valence-electron chi connectivity index (χ1n) is 7.09. The molecular weight excluding hydrogens is 362 g/mol. The number of halogens is 1. The average Bonchev–Trinajstić information content (AvgIpc) is 2.57. The van der Waals surface area contributed by atoms with Crippen LogP contribution in [0.5, 0.6) is 17.2 Å². The molecule has 0 aromatic heterocycles. The molecule has 6 heteroatoms. The molecule has 1 amide bonds. The van der Waals surface area contributed by atoms with Crippen molar-refractivity contribution in [2.75, 3.05) is 26.9 Å². The molecule has 0 atom stereocenters. The normalized spacial score (nSPS) is 10.0. The van der Waals surface area contributed by atoms with Crippen molar-refractivity contribution >= 4 is 21.8 Å². The molecule has 0 aliphatic carbocycles. The highest BCUT2D eigenvalue weighted by Gasteiger charge is 2.03. The van der Waals surface area contributed by atoms with Crippen molar-refractivity contribution in [3.05, 3.63) is 53.0 Å². The number of nitrogens with one attached hydrogen (secondary N) is 1. The molecule has 0 fully saturated rings. The second kappa shape index (κ2) is 9.05. The lowest BCUT2D eigenvalue weighted by atomic mass is 10.3. The third kappa shape index (κ3) is 6.20. The van der Waals surface area contributed by atoms with Gasteiger partial charge in [-0.1, -0.05) is 22.0 Å². The summed E-state index contributed by atoms with van der Waals surface area (Å²) < 4.78 is 16.9. The Kier molecular flexibility index (Phi) is 6.75. The van der Waals surface area contributed by atoms with Gasteiger partial charge in [0, 0.05) is 4.47 Å². The van der Waals surface area contributed by atoms with E-state index in [2.05, 4.69) is 21.2 Å². The zero-order chi connectivity index (χ0) is 16.5. The molecule has 23 heavy (non-hydrogen) atoms. The van der Waals surface area contributed by atoms with E-state index in [4.69, 9.17) is 14.2 Å². The lowest BCUT2D eigenvalue weighted by molar-refractivity contribution is -0.123. The second-order valence-corrected chi connectivity index (χ2v) is 5.54. The summed E-state index contributed by atoms with van der Waals surface area (Å²) in [6.07, 6.45) is 0. The zero-order valence-electron chi connectivity index (χ0n) is 12.8. The van der Waals surface area contributed by atoms with Crippen molar-refractivity contribution in [2.45, 2.75) is 0 Å². The van der Waals surface area contributed by atoms with Gasteiger partial charge < -0.3 is 19.5 Å². The van der Waals surface area contributed by atoms with Gasteiger partial charge in [0.15, 0.2) is 6.61 Å². The van der Waals surface area contributed by atoms with Crippen LogP contribution >= 0.6 is 15.9 Å². The maximum absolute atomic E-state index is 11.7. The van der Waals surface area contributed by atoms with E-state index in [0.29, 0.717) is 18.9 Å². The molecule has 0 bridgehead atoms. The minimum absolute atomic E-state index is 0.0288. The number of hydrogen-bond acceptors (Lipinski definition) is 4. The Morgan fingerprint density at radius 1 is 1.04 bits per heavy atom. The molecule has 5 nitrogen and oxygen atoms in total. The standard InChI is InChI=1S/C17H18BrNO4/c1-21-14-5-7-15(8-6-14)22-10-9-19-17(20)12-23-16-4-2-3-13(18)11-16/h2-8,11H,9-10,12H2,1H3,(H,19,20). The van der Waals surface area contributed by atoms with Gasteiger partial charge in [-0.05, 0) is 42.5 Å². The smallest absolute Gasteiger partial charge is 0.258 e. The highest BCUT2D eigenvalue weighted by atomic mass is 79.9. The van der Waals surface area contributed by atoms with E-state index in [0.717, 1.165) is 16.0 Å². The summed E-state index contributed by atoms with van der Waals surface area (Å²) in [5.41, 5.74) is 0. The van der Waals surface area contributed by atoms with Gasteiger partial charge in [-0.25, -0.2) is 0 Å². The highest BCUT2D eigenvalue weighted by molar-refractivity contribution is 9.10. The van der Waals surface area contributed by atoms with E-state index in [-0.39, 0.29) is 12.5 Å². The summed E-state index contributed by atoms with van der Waals surface area (Å²) in [7, 11) is 1.61. The highest BCUT2D eigenvalue weighted by Crippen LogP contribution is 2.18. The third-order valence-electron chi connectivity index (χ3n) is 2.92. The van der Waals surface area contributed by atoms with Gasteiger partial charge in [0.1, 0.15) is 23.9 Å². The fourth-order valence-corrected chi connectivity index (χ4v) is 2.17. The summed E-state index contributed by atoms with van der Waals surface area (Å²) in [5.74, 6) is 1.95. The predicted octanol–water partition coefficient (Wildman–Crippen LogP) is 3.03. The second-order valence-electron chi connectivity index (χ2n) is 4.62. The molecular formula is C17H18BrNO4. The molecule has 0 saturated carbocycles. The molecule has 1 N–H and O–H groups in total. The Morgan fingerprint density at radius 2 is 1.78 bits per heavy atom. The van der Waals surface area contributed by atoms with Crippen molar-refractivity contribution in [1.82, 2.24) is 5.32 Å². The monoisotopic (exact) mass is 379 g/mol. The van der Waals surface area contributed by atoms with E-state index in [1.165, 1.54) is 0 Å². The fraction of sp³-hybridized carbons (Fsp3) is 0.235. The van der Waals surface area contributed by atoms with E-state index < -0.39 is 0 Å². The van der Waals surface area contributed by atoms with Gasteiger partial charge in [-0.3, -0.25) is 4.79 Å². The van der Waals surface area contributed by atoms with Crippen molar-refractivity contribution in [3.8, 4) is 17.2 Å². The van der Waals surface area contributed by atoms with E-state index >= 15 is 0 Å². The molecule has 0 saturated heterocycles. The van der Waals surface area contributed by atoms with Gasteiger partial charge in [0.05, 0.1) is 13.7 Å². The summed E-state index contributed by atoms with van der Waals surface area (Å²) in [6, 6.07) is 14.6. The maximum atomic E-state index is 11.7. The van der Waals surface area contributed by atoms with Crippen LogP contribution in [0.1, 0.15) is 0 Å². The Hall–Kier alpha value is -2.21. The molecule has 0 aliphatic heterocycles. The molecule has 2 rings (SSSR count). The minimum Gasteiger partial charge on any atom is -0.497 e. The van der Waals surface area contributed by atoms with Crippen molar-refractivity contribution < 1.29 is 19.0 Å². The van der Waals surface area contributed by atoms with Crippen LogP contribution in [0.15, 0.2) is 53.0 Å². The number of rotatable bonds is 8. The third-order valence-corrected chi connectivity index (χ3v) is 3.41. The molecule has 0 spiro atoms. The summed E-state index contributed by atoms with van der Waals surface area (Å²) in [5, 5.41) is 2.73. The molecule has 0 heterocycles. The summed E-state index contributed by atoms with van der Waals surface area (Å²) >= 11 is 3.35. The molecule has 0 radical (unpaired) electrons. The summed E-state index contributed by atoms with van der Waals surface area (Å²) in [4.78, 5) is 11.7. The fourth-order valence-electron chi connectivity index (χ4n) is 1.79. The van der Waals surface area contributed by atoms with Gasteiger partial charge in [-0.2, -0.15) is 0 Å². The van der Waals surface area contributed by atoms with Gasteiger partial charge in [-0.15, -0.1) is 0 Å². The number of carbonyl (C=O) groups is 1. The Bertz CT molecular complexity index is 631. The van der Waals surface area contributed by atoms with E-state index in [1.807, 2.05) is 36.4 Å². The van der Waals surface area contributed by atoms with Crippen LogP contribution < -0.4 is 19.5 Å². The lowest BCUT2D eigenvalue weighted by Crippen LogP contribution is -2.32. The van der Waals surface area contributed by atoms with Crippen LogP contribution in [-0.2, 0) is 4.79 Å². The minimum atomic E-state index is -0.191. The van der Waals surface area contributed by atoms with Gasteiger partial charge in [0.25, 0.3) is 5.91 Å². The van der Waals surface area contributed by atoms with Crippen LogP contribution in [0.2, 0.25) is 0 Å². The average molecular weight is 380 g/mol. The summed E-state index contributed by atoms with van der Waals surface area (Å²) in [6.45, 7) is 0.765. The van der Waals surface area contributed by atoms with Gasteiger partial charge >= 0.3 is 0 Å². The van der Waals surface area contributed by atoms with Crippen molar-refractivity contribution in [2.24, 2.45) is 0 Å². The maximum Gasteiger partial charge on any atom is 0.258 e. The Morgan fingerprint density at radius 3 is 2.48 bits per heavy atom. The SMILES string of the molecule is COc1ccc(OCCNC(=O)COc2cccc(Br)c2)cc1. The number of methoxy groups -OCH3 is 1. The van der Waals surface area contributed by atoms with Crippen molar-refractivity contribution in [1.29, 1.82) is 0 Å². The first-order chi connectivity index (χ1) is 11.2. The lowest BCUT2D eigenvalue weighted by Gasteiger charge is -2.09. The first-order valence-corrected chi connectivity index (χ1v) is 7.88. The van der Waals surface area contributed by atoms with Crippen LogP contribution in [0.4, 0.5) is 0 Å². The Labute approximate surface area is 143 Å². The number of carbonyl (C=O) groups excluding carboxylic acids is 1. The van der Waals surface area contributed by atoms with Crippen LogP contribution in [-0.4, -0.2) is 32.8 Å². The van der Waals surface area contributed by atoms with E-state index in [1.54, 1.807) is 19.2 Å². The topological polar surface area (TPSA) is 56.8 Å². The quantitative estimate of drug-likeness (QED) is 0.716. The van der Waals surface area contributed by atoms with Crippen LogP contribution in [0, 0.1) is 0 Å². The van der Waals surface area contributed by atoms with Crippen LogP contribution in [0.3, 0.4) is 0 Å². The first kappa shape index (κ1) is 17.1. The van der Waals surface area contributed by atoms with Gasteiger partial charge in [0.2, 0.25) is 0 Å². The van der Waals surface area contributed by atoms with E-state index in [9.17, 15) is 4.79 Å². The van der Waals surface area contributed by atoms with Crippen molar-refractivity contribution in [3.63, 3.8) is 0 Å². The number of benzene rings is 2. The zero-order valence-corrected chi connectivity index (χ0v) is 14.3. The number of hydrogen-bond donors (Lipinski definition) is 1. The Balaban J connectivity index is 1.62. The van der Waals surface area contributed by atoms with Crippen LogP contribution in [0.25, 0.3) is 0 Å². The molecule has 122 valence electrons. The largest absolute Gasteiger partial charge is 0.497 e. The molecule has 2 aromatic rings. The molecule has 2 aromatic carbocycles. The number of amides is 1. The number of ether oxygens (including phenoxy) is 3. The molecule has 0 aliphatic rings.